The van der Waals surface area contributed by atoms with Gasteiger partial charge in [-0.25, -0.2) is 0 Å². The molecular weight excluding hydrogens is 697 g/mol. The Bertz CT molecular complexity index is 2260. The van der Waals surface area contributed by atoms with E-state index in [1.165, 1.54) is 43.4 Å². The van der Waals surface area contributed by atoms with E-state index in [2.05, 4.69) is 133 Å². The highest BCUT2D eigenvalue weighted by molar-refractivity contribution is 6.00. The van der Waals surface area contributed by atoms with Gasteiger partial charge in [0, 0.05) is 13.2 Å². The summed E-state index contributed by atoms with van der Waals surface area (Å²) < 4.78 is 33.5. The Labute approximate surface area is 329 Å². The third kappa shape index (κ3) is 10.8. The zero-order valence-electron chi connectivity index (χ0n) is 32.4. The van der Waals surface area contributed by atoms with Crippen LogP contribution < -0.4 is 9.47 Å². The first-order chi connectivity index (χ1) is 27.6. The molecule has 7 rings (SSSR count). The summed E-state index contributed by atoms with van der Waals surface area (Å²) in [6, 6.07) is 43.4. The molecule has 0 spiro atoms. The Morgan fingerprint density at radius 2 is 0.607 bits per heavy atom. The molecule has 0 heterocycles. The molecule has 0 bridgehead atoms. The summed E-state index contributed by atoms with van der Waals surface area (Å²) in [5.74, 6) is 1.69. The Morgan fingerprint density at radius 3 is 1.00 bits per heavy atom. The SMILES string of the molecule is CCOCCOCCOc1ccc2cc(/C=C/c3ccc4cc5cc(/C=C/c6ccc7cc(OCCOCCOCC)ccc7c6)ccc5cc4c3)ccc2c1. The van der Waals surface area contributed by atoms with Crippen molar-refractivity contribution in [2.24, 2.45) is 0 Å². The van der Waals surface area contributed by atoms with Crippen LogP contribution in [0.25, 0.3) is 67.4 Å². The fourth-order valence-electron chi connectivity index (χ4n) is 6.66. The molecule has 0 N–H and O–H groups in total. The van der Waals surface area contributed by atoms with Gasteiger partial charge in [0.15, 0.2) is 0 Å². The Balaban J connectivity index is 0.948. The van der Waals surface area contributed by atoms with Crippen molar-refractivity contribution in [1.29, 1.82) is 0 Å². The van der Waals surface area contributed by atoms with E-state index >= 15 is 0 Å². The highest BCUT2D eigenvalue weighted by Gasteiger charge is 2.04. The van der Waals surface area contributed by atoms with Crippen LogP contribution in [0, 0.1) is 0 Å². The van der Waals surface area contributed by atoms with Gasteiger partial charge in [-0.2, -0.15) is 0 Å². The lowest BCUT2D eigenvalue weighted by atomic mass is 9.99. The molecule has 0 saturated carbocycles. The lowest BCUT2D eigenvalue weighted by Crippen LogP contribution is -2.10. The van der Waals surface area contributed by atoms with Crippen molar-refractivity contribution in [2.45, 2.75) is 13.8 Å². The molecular formula is C50H50O6. The summed E-state index contributed by atoms with van der Waals surface area (Å²) in [7, 11) is 0. The first-order valence-electron chi connectivity index (χ1n) is 19.6. The molecule has 0 aliphatic rings. The molecule has 7 aromatic carbocycles. The molecule has 0 atom stereocenters. The minimum atomic E-state index is 0.512. The maximum Gasteiger partial charge on any atom is 0.120 e. The van der Waals surface area contributed by atoms with Crippen LogP contribution in [0.4, 0.5) is 0 Å². The van der Waals surface area contributed by atoms with Crippen LogP contribution in [0.1, 0.15) is 36.1 Å². The highest BCUT2D eigenvalue weighted by atomic mass is 16.5. The maximum absolute atomic E-state index is 5.89. The average molecular weight is 747 g/mol. The molecule has 0 unspecified atom stereocenters. The number of benzene rings is 7. The number of rotatable bonds is 20. The number of ether oxygens (including phenoxy) is 6. The fourth-order valence-corrected chi connectivity index (χ4v) is 6.66. The first kappa shape index (κ1) is 38.8. The molecule has 0 saturated heterocycles. The average Bonchev–Trinajstić information content (AvgIpc) is 3.23. The summed E-state index contributed by atoms with van der Waals surface area (Å²) in [6.45, 7) is 9.89. The quantitative estimate of drug-likeness (QED) is 0.0440. The van der Waals surface area contributed by atoms with Crippen LogP contribution in [0.3, 0.4) is 0 Å². The summed E-state index contributed by atoms with van der Waals surface area (Å²) in [5, 5.41) is 9.55. The van der Waals surface area contributed by atoms with Crippen molar-refractivity contribution in [3.63, 3.8) is 0 Å². The van der Waals surface area contributed by atoms with Gasteiger partial charge in [0.25, 0.3) is 0 Å². The van der Waals surface area contributed by atoms with E-state index in [0.29, 0.717) is 66.1 Å². The van der Waals surface area contributed by atoms with Crippen molar-refractivity contribution in [2.75, 3.05) is 66.1 Å². The van der Waals surface area contributed by atoms with Crippen molar-refractivity contribution >= 4 is 67.4 Å². The van der Waals surface area contributed by atoms with Crippen molar-refractivity contribution < 1.29 is 28.4 Å². The van der Waals surface area contributed by atoms with E-state index in [9.17, 15) is 0 Å². The van der Waals surface area contributed by atoms with Crippen LogP contribution in [-0.2, 0) is 18.9 Å². The second-order valence-electron chi connectivity index (χ2n) is 13.6. The topological polar surface area (TPSA) is 55.4 Å². The summed E-state index contributed by atoms with van der Waals surface area (Å²) in [6.07, 6.45) is 8.72. The fraction of sp³-hybridized carbons (Fsp3) is 0.240. The van der Waals surface area contributed by atoms with Crippen LogP contribution in [0.2, 0.25) is 0 Å². The van der Waals surface area contributed by atoms with E-state index in [4.69, 9.17) is 28.4 Å². The van der Waals surface area contributed by atoms with Gasteiger partial charge in [0.1, 0.15) is 24.7 Å². The van der Waals surface area contributed by atoms with E-state index in [1.54, 1.807) is 0 Å². The molecule has 0 aliphatic heterocycles. The van der Waals surface area contributed by atoms with E-state index in [1.807, 2.05) is 26.0 Å². The molecule has 0 radical (unpaired) electrons. The highest BCUT2D eigenvalue weighted by Crippen LogP contribution is 2.28. The van der Waals surface area contributed by atoms with Gasteiger partial charge in [0.05, 0.1) is 39.6 Å². The molecule has 56 heavy (non-hydrogen) atoms. The number of hydrogen-bond acceptors (Lipinski definition) is 6. The van der Waals surface area contributed by atoms with E-state index in [0.717, 1.165) is 33.4 Å². The maximum atomic E-state index is 5.89. The lowest BCUT2D eigenvalue weighted by molar-refractivity contribution is 0.0405. The van der Waals surface area contributed by atoms with Crippen molar-refractivity contribution in [1.82, 2.24) is 0 Å². The van der Waals surface area contributed by atoms with Gasteiger partial charge >= 0.3 is 0 Å². The van der Waals surface area contributed by atoms with Crippen LogP contribution in [0.5, 0.6) is 11.5 Å². The molecule has 0 aliphatic carbocycles. The van der Waals surface area contributed by atoms with Gasteiger partial charge in [-0.15, -0.1) is 0 Å². The predicted molar refractivity (Wildman–Crippen MR) is 233 cm³/mol. The van der Waals surface area contributed by atoms with Crippen LogP contribution >= 0.6 is 0 Å². The van der Waals surface area contributed by atoms with Gasteiger partial charge < -0.3 is 28.4 Å². The van der Waals surface area contributed by atoms with Gasteiger partial charge in [-0.1, -0.05) is 85.0 Å². The van der Waals surface area contributed by atoms with E-state index < -0.39 is 0 Å². The molecule has 0 fully saturated rings. The first-order valence-corrected chi connectivity index (χ1v) is 19.6. The minimum absolute atomic E-state index is 0.512. The monoisotopic (exact) mass is 746 g/mol. The van der Waals surface area contributed by atoms with Gasteiger partial charge in [0.2, 0.25) is 0 Å². The largest absolute Gasteiger partial charge is 0.491 e. The van der Waals surface area contributed by atoms with Gasteiger partial charge in [-0.3, -0.25) is 0 Å². The Morgan fingerprint density at radius 1 is 0.304 bits per heavy atom. The van der Waals surface area contributed by atoms with E-state index in [-0.39, 0.29) is 0 Å². The third-order valence-corrected chi connectivity index (χ3v) is 9.60. The van der Waals surface area contributed by atoms with Crippen LogP contribution in [-0.4, -0.2) is 66.1 Å². The second kappa shape index (κ2) is 19.9. The standard InChI is InChI=1S/C50H50O6/c1-3-51-21-23-53-25-27-55-49-19-17-41-29-37(11-15-45(41)35-49)5-7-39-9-13-43-34-48-32-40(10-14-44(48)33-47(43)31-39)8-6-38-12-16-46-36-50(20-18-42(46)30-38)56-28-26-54-24-22-52-4-2/h5-20,29-36H,3-4,21-28H2,1-2H3/b7-5+,8-6+. The lowest BCUT2D eigenvalue weighted by Gasteiger charge is -2.09. The smallest absolute Gasteiger partial charge is 0.120 e. The second-order valence-corrected chi connectivity index (χ2v) is 13.6. The molecule has 286 valence electrons. The summed E-state index contributed by atoms with van der Waals surface area (Å²) in [5.41, 5.74) is 4.65. The molecule has 7 aromatic rings. The van der Waals surface area contributed by atoms with Crippen LogP contribution in [0.15, 0.2) is 121 Å². The zero-order valence-corrected chi connectivity index (χ0v) is 32.4. The van der Waals surface area contributed by atoms with Crippen molar-refractivity contribution in [3.05, 3.63) is 144 Å². The summed E-state index contributed by atoms with van der Waals surface area (Å²) >= 11 is 0. The Kier molecular flexibility index (Phi) is 13.8. The molecule has 0 aromatic heterocycles. The van der Waals surface area contributed by atoms with Crippen molar-refractivity contribution in [3.8, 4) is 11.5 Å². The Hall–Kier alpha value is -5.50. The van der Waals surface area contributed by atoms with Gasteiger partial charge in [-0.05, 0) is 140 Å². The third-order valence-electron chi connectivity index (χ3n) is 9.60. The normalized spacial score (nSPS) is 11.9. The zero-order chi connectivity index (χ0) is 38.4. The summed E-state index contributed by atoms with van der Waals surface area (Å²) in [4.78, 5) is 0. The predicted octanol–water partition coefficient (Wildman–Crippen LogP) is 11.5. The number of hydrogen-bond donors (Lipinski definition) is 0. The minimum Gasteiger partial charge on any atom is -0.491 e. The molecule has 6 heteroatoms. The molecule has 6 nitrogen and oxygen atoms in total. The number of fused-ring (bicyclic) bond motifs is 4. The molecule has 0 amide bonds.